The van der Waals surface area contributed by atoms with Crippen molar-refractivity contribution in [2.45, 2.75) is 50.3 Å². The Hall–Kier alpha value is -2.66. The van der Waals surface area contributed by atoms with Gasteiger partial charge in [-0.15, -0.1) is 0 Å². The molecule has 174 valence electrons. The quantitative estimate of drug-likeness (QED) is 0.720. The second-order valence-electron chi connectivity index (χ2n) is 7.99. The molecule has 0 aliphatic carbocycles. The molecule has 0 radical (unpaired) electrons. The number of alkyl halides is 3. The molecular weight excluding hydrogens is 447 g/mol. The SMILES string of the molecule is Cc1ccc(S(=O)(=O)N2C[C@@H](C)N(c3ccc(C(F)(F)F)cn3)[C@H](C)C2)cc1CC(=O)O. The van der Waals surface area contributed by atoms with Crippen LogP contribution in [0.3, 0.4) is 0 Å². The van der Waals surface area contributed by atoms with Crippen molar-refractivity contribution in [3.8, 4) is 0 Å². The van der Waals surface area contributed by atoms with E-state index >= 15 is 0 Å². The Bertz CT molecular complexity index is 1090. The van der Waals surface area contributed by atoms with Crippen LogP contribution >= 0.6 is 0 Å². The van der Waals surface area contributed by atoms with Crippen molar-refractivity contribution in [2.24, 2.45) is 0 Å². The zero-order chi connectivity index (χ0) is 23.8. The predicted molar refractivity (Wildman–Crippen MR) is 112 cm³/mol. The summed E-state index contributed by atoms with van der Waals surface area (Å²) in [7, 11) is -3.89. The maximum Gasteiger partial charge on any atom is 0.417 e. The van der Waals surface area contributed by atoms with Crippen molar-refractivity contribution in [3.63, 3.8) is 0 Å². The molecule has 3 rings (SSSR count). The molecule has 2 atom stereocenters. The van der Waals surface area contributed by atoms with Crippen molar-refractivity contribution in [1.82, 2.24) is 9.29 Å². The van der Waals surface area contributed by atoms with Gasteiger partial charge >= 0.3 is 12.1 Å². The summed E-state index contributed by atoms with van der Waals surface area (Å²) in [5.41, 5.74) is 0.262. The lowest BCUT2D eigenvalue weighted by Gasteiger charge is -2.44. The number of pyridine rings is 1. The summed E-state index contributed by atoms with van der Waals surface area (Å²) in [6.45, 7) is 5.49. The van der Waals surface area contributed by atoms with Gasteiger partial charge in [0.15, 0.2) is 0 Å². The number of nitrogens with zero attached hydrogens (tertiary/aromatic N) is 3. The molecule has 2 aromatic rings. The molecule has 1 N–H and O–H groups in total. The number of halogens is 3. The number of rotatable bonds is 5. The Kier molecular flexibility index (Phi) is 6.52. The Morgan fingerprint density at radius 3 is 2.28 bits per heavy atom. The number of aliphatic carboxylic acids is 1. The highest BCUT2D eigenvalue weighted by atomic mass is 32.2. The Balaban J connectivity index is 1.84. The molecule has 11 heteroatoms. The van der Waals surface area contributed by atoms with Crippen LogP contribution in [0.25, 0.3) is 0 Å². The number of hydrogen-bond donors (Lipinski definition) is 1. The zero-order valence-corrected chi connectivity index (χ0v) is 18.6. The Labute approximate surface area is 184 Å². The van der Waals surface area contributed by atoms with Crippen LogP contribution < -0.4 is 4.90 Å². The number of anilines is 1. The molecule has 1 aromatic carbocycles. The fraction of sp³-hybridized carbons (Fsp3) is 0.429. The van der Waals surface area contributed by atoms with E-state index in [1.807, 2.05) is 0 Å². The van der Waals surface area contributed by atoms with Gasteiger partial charge in [0.05, 0.1) is 16.9 Å². The van der Waals surface area contributed by atoms with Gasteiger partial charge in [-0.3, -0.25) is 4.79 Å². The van der Waals surface area contributed by atoms with E-state index in [1.165, 1.54) is 22.5 Å². The summed E-state index contributed by atoms with van der Waals surface area (Å²) in [6.07, 6.45) is -3.99. The van der Waals surface area contributed by atoms with Crippen molar-refractivity contribution < 1.29 is 31.5 Å². The topological polar surface area (TPSA) is 90.8 Å². The summed E-state index contributed by atoms with van der Waals surface area (Å²) in [4.78, 5) is 16.8. The first kappa shape index (κ1) is 24.0. The minimum atomic E-state index is -4.48. The van der Waals surface area contributed by atoms with Gasteiger partial charge in [-0.05, 0) is 56.2 Å². The highest BCUT2D eigenvalue weighted by Crippen LogP contribution is 2.31. The second kappa shape index (κ2) is 8.70. The molecule has 2 heterocycles. The van der Waals surface area contributed by atoms with E-state index in [4.69, 9.17) is 5.11 Å². The average molecular weight is 472 g/mol. The fourth-order valence-corrected chi connectivity index (χ4v) is 5.59. The molecule has 7 nitrogen and oxygen atoms in total. The number of hydrogen-bond acceptors (Lipinski definition) is 5. The van der Waals surface area contributed by atoms with E-state index in [1.54, 1.807) is 31.7 Å². The van der Waals surface area contributed by atoms with Crippen molar-refractivity contribution in [3.05, 3.63) is 53.2 Å². The molecule has 1 aromatic heterocycles. The molecule has 0 unspecified atom stereocenters. The normalized spacial score (nSPS) is 20.4. The summed E-state index contributed by atoms with van der Waals surface area (Å²) in [6, 6.07) is 5.98. The number of carbonyl (C=O) groups is 1. The lowest BCUT2D eigenvalue weighted by molar-refractivity contribution is -0.138. The van der Waals surface area contributed by atoms with Crippen molar-refractivity contribution in [1.29, 1.82) is 0 Å². The minimum absolute atomic E-state index is 0.0138. The van der Waals surface area contributed by atoms with Crippen molar-refractivity contribution >= 4 is 21.8 Å². The van der Waals surface area contributed by atoms with Gasteiger partial charge in [0, 0.05) is 31.4 Å². The highest BCUT2D eigenvalue weighted by Gasteiger charge is 2.37. The first-order valence-electron chi connectivity index (χ1n) is 9.93. The van der Waals surface area contributed by atoms with E-state index < -0.39 is 27.7 Å². The monoisotopic (exact) mass is 471 g/mol. The third-order valence-electron chi connectivity index (χ3n) is 5.53. The predicted octanol–water partition coefficient (Wildman–Crippen LogP) is 3.32. The number of sulfonamides is 1. The number of carboxylic acids is 1. The third-order valence-corrected chi connectivity index (χ3v) is 7.35. The Morgan fingerprint density at radius 2 is 1.78 bits per heavy atom. The number of aryl methyl sites for hydroxylation is 1. The van der Waals surface area contributed by atoms with E-state index in [9.17, 15) is 26.4 Å². The fourth-order valence-electron chi connectivity index (χ4n) is 3.94. The van der Waals surface area contributed by atoms with Gasteiger partial charge in [0.1, 0.15) is 5.82 Å². The van der Waals surface area contributed by atoms with Crippen LogP contribution in [-0.2, 0) is 27.4 Å². The van der Waals surface area contributed by atoms with Crippen LogP contribution in [0.5, 0.6) is 0 Å². The first-order chi connectivity index (χ1) is 14.8. The number of aromatic nitrogens is 1. The van der Waals surface area contributed by atoms with Crippen LogP contribution in [0.2, 0.25) is 0 Å². The molecule has 0 bridgehead atoms. The molecule has 0 spiro atoms. The summed E-state index contributed by atoms with van der Waals surface area (Å²) in [5.74, 6) is -0.711. The standard InChI is InChI=1S/C21H24F3N3O4S/c1-13-4-6-18(8-16(13)9-20(28)29)32(30,31)26-11-14(2)27(15(3)12-26)19-7-5-17(10-25-19)21(22,23)24/h4-8,10,14-15H,9,11-12H2,1-3H3,(H,28,29)/t14-,15-/m1/s1. The van der Waals surface area contributed by atoms with Gasteiger partial charge in [-0.1, -0.05) is 6.07 Å². The number of carboxylic acid groups (broad SMARTS) is 1. The van der Waals surface area contributed by atoms with E-state index in [-0.39, 0.29) is 36.5 Å². The first-order valence-corrected chi connectivity index (χ1v) is 11.4. The molecule has 0 amide bonds. The van der Waals surface area contributed by atoms with Gasteiger partial charge in [0.25, 0.3) is 0 Å². The molecule has 1 aliphatic rings. The highest BCUT2D eigenvalue weighted by molar-refractivity contribution is 7.89. The molecule has 1 aliphatic heterocycles. The summed E-state index contributed by atoms with van der Waals surface area (Å²) >= 11 is 0. The lowest BCUT2D eigenvalue weighted by atomic mass is 10.1. The van der Waals surface area contributed by atoms with Gasteiger partial charge < -0.3 is 10.0 Å². The van der Waals surface area contributed by atoms with Crippen LogP contribution in [-0.4, -0.2) is 54.0 Å². The Morgan fingerprint density at radius 1 is 1.16 bits per heavy atom. The molecule has 32 heavy (non-hydrogen) atoms. The number of piperazine rings is 1. The molecule has 1 fully saturated rings. The van der Waals surface area contributed by atoms with E-state index in [0.29, 0.717) is 16.9 Å². The van der Waals surface area contributed by atoms with Crippen LogP contribution in [0.1, 0.15) is 30.5 Å². The summed E-state index contributed by atoms with van der Waals surface area (Å²) < 4.78 is 66.3. The number of benzene rings is 1. The maximum atomic E-state index is 13.2. The largest absolute Gasteiger partial charge is 0.481 e. The lowest BCUT2D eigenvalue weighted by Crippen LogP contribution is -2.58. The van der Waals surface area contributed by atoms with Gasteiger partial charge in [-0.25, -0.2) is 13.4 Å². The molecule has 0 saturated carbocycles. The van der Waals surface area contributed by atoms with E-state index in [0.717, 1.165) is 12.3 Å². The second-order valence-corrected chi connectivity index (χ2v) is 9.93. The van der Waals surface area contributed by atoms with Crippen LogP contribution in [0.4, 0.5) is 19.0 Å². The average Bonchev–Trinajstić information content (AvgIpc) is 2.68. The van der Waals surface area contributed by atoms with Crippen LogP contribution in [0, 0.1) is 6.92 Å². The van der Waals surface area contributed by atoms with Gasteiger partial charge in [0.2, 0.25) is 10.0 Å². The maximum absolute atomic E-state index is 13.2. The van der Waals surface area contributed by atoms with Crippen molar-refractivity contribution in [2.75, 3.05) is 18.0 Å². The molecule has 1 saturated heterocycles. The van der Waals surface area contributed by atoms with E-state index in [2.05, 4.69) is 4.98 Å². The minimum Gasteiger partial charge on any atom is -0.481 e. The third kappa shape index (κ3) is 4.88. The van der Waals surface area contributed by atoms with Gasteiger partial charge in [-0.2, -0.15) is 17.5 Å². The molecular formula is C21H24F3N3O4S. The van der Waals surface area contributed by atoms with Crippen LogP contribution in [0.15, 0.2) is 41.4 Å². The summed E-state index contributed by atoms with van der Waals surface area (Å²) in [5, 5.41) is 9.07. The zero-order valence-electron chi connectivity index (χ0n) is 17.8. The smallest absolute Gasteiger partial charge is 0.417 e.